The molecule has 160 valence electrons. The highest BCUT2D eigenvalue weighted by Crippen LogP contribution is 2.41. The molecule has 1 N–H and O–H groups in total. The summed E-state index contributed by atoms with van der Waals surface area (Å²) in [4.78, 5) is 29.2. The van der Waals surface area contributed by atoms with Crippen molar-refractivity contribution in [2.24, 2.45) is 0 Å². The second-order valence-corrected chi connectivity index (χ2v) is 9.60. The van der Waals surface area contributed by atoms with Crippen LogP contribution in [0.2, 0.25) is 0 Å². The van der Waals surface area contributed by atoms with Gasteiger partial charge in [-0.2, -0.15) is 0 Å². The monoisotopic (exact) mass is 507 g/mol. The molecule has 5 rings (SSSR count). The minimum absolute atomic E-state index is 0.0407. The minimum Gasteiger partial charge on any atom is -0.503 e. The highest BCUT2D eigenvalue weighted by molar-refractivity contribution is 9.10. The quantitative estimate of drug-likeness (QED) is 0.319. The van der Waals surface area contributed by atoms with Crippen molar-refractivity contribution in [1.82, 2.24) is 4.90 Å². The number of rotatable bonds is 5. The maximum atomic E-state index is 13.6. The summed E-state index contributed by atoms with van der Waals surface area (Å²) in [7, 11) is 0. The highest BCUT2D eigenvalue weighted by Gasteiger charge is 2.45. The Balaban J connectivity index is 1.62. The van der Waals surface area contributed by atoms with Crippen LogP contribution in [-0.2, 0) is 11.3 Å². The summed E-state index contributed by atoms with van der Waals surface area (Å²) >= 11 is 4.94. The predicted molar refractivity (Wildman–Crippen MR) is 127 cm³/mol. The van der Waals surface area contributed by atoms with Gasteiger partial charge in [0.1, 0.15) is 5.58 Å². The van der Waals surface area contributed by atoms with Crippen LogP contribution in [0.1, 0.15) is 32.6 Å². The molecular formula is C25H18BrNO4S. The number of aliphatic hydroxyl groups excluding tert-OH is 1. The van der Waals surface area contributed by atoms with E-state index >= 15 is 0 Å². The number of benzene rings is 2. The molecule has 0 spiro atoms. The SMILES string of the molecule is Cc1ccccc1C1C(C(=O)c2cc3cc(Br)ccc3o2)=C(O)C(=O)N1Cc1cccs1. The Hall–Kier alpha value is -3.16. The third-order valence-electron chi connectivity index (χ3n) is 5.64. The first-order valence-electron chi connectivity index (χ1n) is 10.00. The van der Waals surface area contributed by atoms with E-state index in [0.717, 1.165) is 25.9 Å². The number of hydrogen-bond acceptors (Lipinski definition) is 5. The molecule has 0 saturated carbocycles. The molecule has 0 saturated heterocycles. The van der Waals surface area contributed by atoms with Crippen LogP contribution in [0.3, 0.4) is 0 Å². The van der Waals surface area contributed by atoms with Gasteiger partial charge in [0.2, 0.25) is 5.78 Å². The molecule has 1 unspecified atom stereocenters. The van der Waals surface area contributed by atoms with E-state index in [9.17, 15) is 14.7 Å². The molecule has 0 radical (unpaired) electrons. The molecule has 4 aromatic rings. The molecule has 0 aliphatic carbocycles. The summed E-state index contributed by atoms with van der Waals surface area (Å²) in [5.41, 5.74) is 2.32. The van der Waals surface area contributed by atoms with Gasteiger partial charge >= 0.3 is 0 Å². The molecule has 1 aliphatic rings. The predicted octanol–water partition coefficient (Wildman–Crippen LogP) is 6.34. The molecule has 7 heteroatoms. The van der Waals surface area contributed by atoms with Gasteiger partial charge < -0.3 is 14.4 Å². The number of Topliss-reactive ketones (excluding diaryl/α,β-unsaturated/α-hetero) is 1. The largest absolute Gasteiger partial charge is 0.503 e. The van der Waals surface area contributed by atoms with Crippen LogP contribution in [0.25, 0.3) is 11.0 Å². The van der Waals surface area contributed by atoms with E-state index in [1.54, 1.807) is 17.0 Å². The van der Waals surface area contributed by atoms with Crippen LogP contribution in [0, 0.1) is 6.92 Å². The molecule has 0 bridgehead atoms. The van der Waals surface area contributed by atoms with Gasteiger partial charge in [0, 0.05) is 14.7 Å². The van der Waals surface area contributed by atoms with Gasteiger partial charge in [0.15, 0.2) is 11.5 Å². The van der Waals surface area contributed by atoms with Crippen molar-refractivity contribution in [1.29, 1.82) is 0 Å². The van der Waals surface area contributed by atoms with Crippen LogP contribution in [0.4, 0.5) is 0 Å². The maximum absolute atomic E-state index is 13.6. The number of fused-ring (bicyclic) bond motifs is 1. The Bertz CT molecular complexity index is 1390. The Labute approximate surface area is 196 Å². The normalized spacial score (nSPS) is 16.4. The first kappa shape index (κ1) is 20.7. The zero-order chi connectivity index (χ0) is 22.4. The highest BCUT2D eigenvalue weighted by atomic mass is 79.9. The van der Waals surface area contributed by atoms with Crippen LogP contribution in [-0.4, -0.2) is 21.7 Å². The van der Waals surface area contributed by atoms with Gasteiger partial charge in [-0.3, -0.25) is 9.59 Å². The summed E-state index contributed by atoms with van der Waals surface area (Å²) in [5, 5.41) is 13.5. The van der Waals surface area contributed by atoms with Crippen molar-refractivity contribution in [2.75, 3.05) is 0 Å². The third kappa shape index (κ3) is 3.47. The van der Waals surface area contributed by atoms with Crippen molar-refractivity contribution < 1.29 is 19.1 Å². The number of aliphatic hydroxyl groups is 1. The summed E-state index contributed by atoms with van der Waals surface area (Å²) in [5.74, 6) is -1.50. The Morgan fingerprint density at radius 2 is 1.97 bits per heavy atom. The second-order valence-electron chi connectivity index (χ2n) is 7.66. The Morgan fingerprint density at radius 3 is 2.72 bits per heavy atom. The van der Waals surface area contributed by atoms with Crippen molar-refractivity contribution in [2.45, 2.75) is 19.5 Å². The molecule has 3 heterocycles. The van der Waals surface area contributed by atoms with Gasteiger partial charge in [-0.25, -0.2) is 0 Å². The molecule has 1 atom stereocenters. The van der Waals surface area contributed by atoms with E-state index in [4.69, 9.17) is 4.42 Å². The van der Waals surface area contributed by atoms with Gasteiger partial charge in [-0.15, -0.1) is 11.3 Å². The maximum Gasteiger partial charge on any atom is 0.290 e. The molecule has 5 nitrogen and oxygen atoms in total. The number of ketones is 1. The van der Waals surface area contributed by atoms with Crippen molar-refractivity contribution in [3.05, 3.63) is 104 Å². The van der Waals surface area contributed by atoms with Crippen molar-refractivity contribution in [3.63, 3.8) is 0 Å². The molecule has 2 aromatic carbocycles. The number of halogens is 1. The summed E-state index contributed by atoms with van der Waals surface area (Å²) in [6, 6.07) is 17.8. The first-order valence-corrected chi connectivity index (χ1v) is 11.7. The van der Waals surface area contributed by atoms with Crippen LogP contribution in [0.5, 0.6) is 0 Å². The minimum atomic E-state index is -0.710. The number of hydrogen-bond donors (Lipinski definition) is 1. The molecule has 1 amide bonds. The van der Waals surface area contributed by atoms with E-state index < -0.39 is 23.5 Å². The fourth-order valence-electron chi connectivity index (χ4n) is 4.09. The number of nitrogens with zero attached hydrogens (tertiary/aromatic N) is 1. The number of aryl methyl sites for hydroxylation is 1. The molecule has 32 heavy (non-hydrogen) atoms. The van der Waals surface area contributed by atoms with Gasteiger partial charge in [0.25, 0.3) is 5.91 Å². The zero-order valence-corrected chi connectivity index (χ0v) is 19.4. The van der Waals surface area contributed by atoms with E-state index in [-0.39, 0.29) is 11.3 Å². The van der Waals surface area contributed by atoms with Gasteiger partial charge in [0.05, 0.1) is 18.2 Å². The van der Waals surface area contributed by atoms with Crippen molar-refractivity contribution >= 4 is 49.9 Å². The molecule has 1 aliphatic heterocycles. The lowest BCUT2D eigenvalue weighted by Crippen LogP contribution is -2.30. The number of carbonyl (C=O) groups is 2. The summed E-state index contributed by atoms with van der Waals surface area (Å²) in [6.45, 7) is 2.22. The molecule has 2 aromatic heterocycles. The molecule has 0 fully saturated rings. The van der Waals surface area contributed by atoms with E-state index in [1.165, 1.54) is 11.3 Å². The standard InChI is InChI=1S/C25H18BrNO4S/c1-14-5-2-3-7-18(14)22-21(24(29)25(30)27(22)13-17-6-4-10-32-17)23(28)20-12-15-11-16(26)8-9-19(15)31-20/h2-12,22,29H,13H2,1H3. The lowest BCUT2D eigenvalue weighted by molar-refractivity contribution is -0.130. The van der Waals surface area contributed by atoms with Crippen LogP contribution >= 0.6 is 27.3 Å². The van der Waals surface area contributed by atoms with E-state index in [1.807, 2.05) is 60.8 Å². The van der Waals surface area contributed by atoms with E-state index in [0.29, 0.717) is 12.1 Å². The number of furan rings is 1. The second kappa shape index (κ2) is 8.07. The smallest absolute Gasteiger partial charge is 0.290 e. The number of amides is 1. The fourth-order valence-corrected chi connectivity index (χ4v) is 5.18. The van der Waals surface area contributed by atoms with Gasteiger partial charge in [-0.05, 0) is 53.8 Å². The lowest BCUT2D eigenvalue weighted by atomic mass is 9.92. The number of thiophene rings is 1. The molecular weight excluding hydrogens is 490 g/mol. The first-order chi connectivity index (χ1) is 15.4. The fraction of sp³-hybridized carbons (Fsp3) is 0.120. The van der Waals surface area contributed by atoms with Crippen molar-refractivity contribution in [3.8, 4) is 0 Å². The zero-order valence-electron chi connectivity index (χ0n) is 17.0. The Morgan fingerprint density at radius 1 is 1.16 bits per heavy atom. The topological polar surface area (TPSA) is 70.7 Å². The summed E-state index contributed by atoms with van der Waals surface area (Å²) < 4.78 is 6.66. The van der Waals surface area contributed by atoms with E-state index in [2.05, 4.69) is 15.9 Å². The summed E-state index contributed by atoms with van der Waals surface area (Å²) in [6.07, 6.45) is 0. The Kier molecular flexibility index (Phi) is 5.23. The average Bonchev–Trinajstić information content (AvgIpc) is 3.49. The third-order valence-corrected chi connectivity index (χ3v) is 6.99. The van der Waals surface area contributed by atoms with Crippen LogP contribution < -0.4 is 0 Å². The number of carbonyl (C=O) groups excluding carboxylic acids is 2. The van der Waals surface area contributed by atoms with Crippen LogP contribution in [0.15, 0.2) is 86.3 Å². The average molecular weight is 508 g/mol. The van der Waals surface area contributed by atoms with Gasteiger partial charge in [-0.1, -0.05) is 46.3 Å². The lowest BCUT2D eigenvalue weighted by Gasteiger charge is -2.27.